The fraction of sp³-hybridized carbons (Fsp3) is 0.0909. The third kappa shape index (κ3) is 2.49. The molecule has 0 fully saturated rings. The van der Waals surface area contributed by atoms with Crippen LogP contribution in [-0.4, -0.2) is 17.1 Å². The molecule has 0 radical (unpaired) electrons. The van der Waals surface area contributed by atoms with E-state index in [1.807, 2.05) is 18.2 Å². The maximum absolute atomic E-state index is 5.14. The maximum atomic E-state index is 5.14. The summed E-state index contributed by atoms with van der Waals surface area (Å²) >= 11 is 3.41. The van der Waals surface area contributed by atoms with Crippen molar-refractivity contribution in [1.29, 1.82) is 0 Å². The van der Waals surface area contributed by atoms with Crippen LogP contribution in [0, 0.1) is 0 Å². The quantitative estimate of drug-likeness (QED) is 0.938. The second-order valence-corrected chi connectivity index (χ2v) is 3.90. The van der Waals surface area contributed by atoms with Crippen LogP contribution in [0.5, 0.6) is 5.75 Å². The van der Waals surface area contributed by atoms with Crippen LogP contribution in [-0.2, 0) is 0 Å². The Balaban J connectivity index is 2.20. The SMILES string of the molecule is COc1ccc(Nc2ncccn2)cc1Br. The van der Waals surface area contributed by atoms with E-state index in [-0.39, 0.29) is 0 Å². The van der Waals surface area contributed by atoms with Crippen LogP contribution < -0.4 is 10.1 Å². The summed E-state index contributed by atoms with van der Waals surface area (Å²) in [6, 6.07) is 7.46. The lowest BCUT2D eigenvalue weighted by atomic mass is 10.3. The smallest absolute Gasteiger partial charge is 0.227 e. The molecular formula is C11H10BrN3O. The van der Waals surface area contributed by atoms with Crippen molar-refractivity contribution >= 4 is 27.6 Å². The average Bonchev–Trinajstić information content (AvgIpc) is 2.31. The molecule has 0 spiro atoms. The van der Waals surface area contributed by atoms with Crippen molar-refractivity contribution in [1.82, 2.24) is 9.97 Å². The summed E-state index contributed by atoms with van der Waals surface area (Å²) in [6.07, 6.45) is 3.38. The van der Waals surface area contributed by atoms with Crippen molar-refractivity contribution in [3.63, 3.8) is 0 Å². The van der Waals surface area contributed by atoms with Crippen LogP contribution in [0.25, 0.3) is 0 Å². The van der Waals surface area contributed by atoms with Gasteiger partial charge in [0.15, 0.2) is 0 Å². The molecule has 0 saturated heterocycles. The summed E-state index contributed by atoms with van der Waals surface area (Å²) in [4.78, 5) is 8.15. The minimum Gasteiger partial charge on any atom is -0.496 e. The zero-order chi connectivity index (χ0) is 11.4. The molecule has 0 aliphatic rings. The van der Waals surface area contributed by atoms with Gasteiger partial charge in [-0.15, -0.1) is 0 Å². The predicted molar refractivity (Wildman–Crippen MR) is 66.0 cm³/mol. The number of hydrogen-bond acceptors (Lipinski definition) is 4. The molecule has 4 nitrogen and oxygen atoms in total. The van der Waals surface area contributed by atoms with Crippen LogP contribution in [0.15, 0.2) is 41.1 Å². The van der Waals surface area contributed by atoms with Crippen LogP contribution >= 0.6 is 15.9 Å². The van der Waals surface area contributed by atoms with E-state index in [0.29, 0.717) is 5.95 Å². The highest BCUT2D eigenvalue weighted by Gasteiger charge is 2.02. The summed E-state index contributed by atoms with van der Waals surface area (Å²) in [7, 11) is 1.63. The first-order valence-electron chi connectivity index (χ1n) is 4.67. The third-order valence-corrected chi connectivity index (χ3v) is 2.59. The van der Waals surface area contributed by atoms with Gasteiger partial charge in [0.2, 0.25) is 5.95 Å². The van der Waals surface area contributed by atoms with Crippen molar-refractivity contribution in [3.05, 3.63) is 41.1 Å². The zero-order valence-electron chi connectivity index (χ0n) is 8.64. The van der Waals surface area contributed by atoms with E-state index in [0.717, 1.165) is 15.9 Å². The Labute approximate surface area is 102 Å². The molecule has 0 amide bonds. The van der Waals surface area contributed by atoms with Gasteiger partial charge in [-0.2, -0.15) is 0 Å². The monoisotopic (exact) mass is 279 g/mol. The first-order valence-corrected chi connectivity index (χ1v) is 5.46. The second-order valence-electron chi connectivity index (χ2n) is 3.05. The van der Waals surface area contributed by atoms with Crippen LogP contribution in [0.4, 0.5) is 11.6 Å². The van der Waals surface area contributed by atoms with Crippen LogP contribution in [0.2, 0.25) is 0 Å². The normalized spacial score (nSPS) is 9.88. The summed E-state index contributed by atoms with van der Waals surface area (Å²) in [5, 5.41) is 3.09. The first kappa shape index (κ1) is 10.9. The Hall–Kier alpha value is -1.62. The van der Waals surface area contributed by atoms with Gasteiger partial charge in [0, 0.05) is 18.1 Å². The zero-order valence-corrected chi connectivity index (χ0v) is 10.2. The van der Waals surface area contributed by atoms with Crippen molar-refractivity contribution in [2.24, 2.45) is 0 Å². The lowest BCUT2D eigenvalue weighted by molar-refractivity contribution is 0.412. The molecular weight excluding hydrogens is 270 g/mol. The molecule has 5 heteroatoms. The lowest BCUT2D eigenvalue weighted by Gasteiger charge is -2.07. The highest BCUT2D eigenvalue weighted by molar-refractivity contribution is 9.10. The Kier molecular flexibility index (Phi) is 3.36. The van der Waals surface area contributed by atoms with Crippen molar-refractivity contribution in [2.45, 2.75) is 0 Å². The van der Waals surface area contributed by atoms with E-state index in [2.05, 4.69) is 31.2 Å². The molecule has 82 valence electrons. The van der Waals surface area contributed by atoms with Gasteiger partial charge >= 0.3 is 0 Å². The van der Waals surface area contributed by atoms with Gasteiger partial charge in [-0.05, 0) is 40.2 Å². The minimum atomic E-state index is 0.569. The number of aromatic nitrogens is 2. The molecule has 2 rings (SSSR count). The van der Waals surface area contributed by atoms with Gasteiger partial charge in [-0.3, -0.25) is 0 Å². The standard InChI is InChI=1S/C11H10BrN3O/c1-16-10-4-3-8(7-9(10)12)15-11-13-5-2-6-14-11/h2-7H,1H3,(H,13,14,15). The molecule has 1 heterocycles. The Bertz CT molecular complexity index is 476. The van der Waals surface area contributed by atoms with Crippen LogP contribution in [0.1, 0.15) is 0 Å². The molecule has 1 aromatic carbocycles. The third-order valence-electron chi connectivity index (χ3n) is 1.97. The van der Waals surface area contributed by atoms with Gasteiger partial charge < -0.3 is 10.1 Å². The van der Waals surface area contributed by atoms with Gasteiger partial charge in [0.1, 0.15) is 5.75 Å². The highest BCUT2D eigenvalue weighted by Crippen LogP contribution is 2.28. The van der Waals surface area contributed by atoms with Gasteiger partial charge in [-0.1, -0.05) is 0 Å². The molecule has 0 saturated carbocycles. The average molecular weight is 280 g/mol. The highest BCUT2D eigenvalue weighted by atomic mass is 79.9. The topological polar surface area (TPSA) is 47.0 Å². The number of benzene rings is 1. The number of nitrogens with zero attached hydrogens (tertiary/aromatic N) is 2. The number of halogens is 1. The van der Waals surface area contributed by atoms with Crippen molar-refractivity contribution < 1.29 is 4.74 Å². The molecule has 2 aromatic rings. The van der Waals surface area contributed by atoms with Gasteiger partial charge in [-0.25, -0.2) is 9.97 Å². The molecule has 16 heavy (non-hydrogen) atoms. The van der Waals surface area contributed by atoms with E-state index in [4.69, 9.17) is 4.74 Å². The number of methoxy groups -OCH3 is 1. The van der Waals surface area contributed by atoms with E-state index in [9.17, 15) is 0 Å². The van der Waals surface area contributed by atoms with Gasteiger partial charge in [0.05, 0.1) is 11.6 Å². The maximum Gasteiger partial charge on any atom is 0.227 e. The number of anilines is 2. The summed E-state index contributed by atoms with van der Waals surface area (Å²) < 4.78 is 6.03. The van der Waals surface area contributed by atoms with E-state index >= 15 is 0 Å². The lowest BCUT2D eigenvalue weighted by Crippen LogP contribution is -1.95. The molecule has 0 unspecified atom stereocenters. The number of nitrogens with one attached hydrogen (secondary N) is 1. The van der Waals surface area contributed by atoms with Crippen molar-refractivity contribution in [3.8, 4) is 5.75 Å². The van der Waals surface area contributed by atoms with Crippen LogP contribution in [0.3, 0.4) is 0 Å². The first-order chi connectivity index (χ1) is 7.79. The summed E-state index contributed by atoms with van der Waals surface area (Å²) in [5.74, 6) is 1.36. The Morgan fingerprint density at radius 2 is 2.00 bits per heavy atom. The van der Waals surface area contributed by atoms with E-state index in [1.165, 1.54) is 0 Å². The van der Waals surface area contributed by atoms with E-state index < -0.39 is 0 Å². The summed E-state index contributed by atoms with van der Waals surface area (Å²) in [6.45, 7) is 0. The molecule has 1 N–H and O–H groups in total. The van der Waals surface area contributed by atoms with E-state index in [1.54, 1.807) is 25.6 Å². The Morgan fingerprint density at radius 3 is 2.62 bits per heavy atom. The molecule has 0 aliphatic carbocycles. The number of ether oxygens (including phenoxy) is 1. The number of rotatable bonds is 3. The fourth-order valence-electron chi connectivity index (χ4n) is 1.24. The largest absolute Gasteiger partial charge is 0.496 e. The fourth-order valence-corrected chi connectivity index (χ4v) is 1.78. The molecule has 0 aliphatic heterocycles. The van der Waals surface area contributed by atoms with Gasteiger partial charge in [0.25, 0.3) is 0 Å². The summed E-state index contributed by atoms with van der Waals surface area (Å²) in [5.41, 5.74) is 0.902. The molecule has 0 bridgehead atoms. The second kappa shape index (κ2) is 4.94. The van der Waals surface area contributed by atoms with Crippen molar-refractivity contribution in [2.75, 3.05) is 12.4 Å². The predicted octanol–water partition coefficient (Wildman–Crippen LogP) is 2.99. The minimum absolute atomic E-state index is 0.569. The Morgan fingerprint density at radius 1 is 1.25 bits per heavy atom. The molecule has 1 aromatic heterocycles. The molecule has 0 atom stereocenters. The number of hydrogen-bond donors (Lipinski definition) is 1.